The fourth-order valence-electron chi connectivity index (χ4n) is 0.911. The van der Waals surface area contributed by atoms with Gasteiger partial charge in [-0.05, 0) is 6.92 Å². The predicted molar refractivity (Wildman–Crippen MR) is 55.1 cm³/mol. The van der Waals surface area contributed by atoms with Crippen LogP contribution in [0, 0.1) is 12.3 Å². The van der Waals surface area contributed by atoms with Gasteiger partial charge in [-0.15, -0.1) is 12.3 Å². The van der Waals surface area contributed by atoms with Gasteiger partial charge >= 0.3 is 0 Å². The molecular formula is C10H13N3O. The zero-order valence-corrected chi connectivity index (χ0v) is 8.16. The van der Waals surface area contributed by atoms with E-state index in [0.29, 0.717) is 18.9 Å². The highest BCUT2D eigenvalue weighted by Crippen LogP contribution is 2.10. The summed E-state index contributed by atoms with van der Waals surface area (Å²) in [6.45, 7) is 3.31. The predicted octanol–water partition coefficient (Wildman–Crippen LogP) is 1.31. The molecule has 0 radical (unpaired) electrons. The quantitative estimate of drug-likeness (QED) is 0.563. The third-order valence-corrected chi connectivity index (χ3v) is 1.50. The second kappa shape index (κ2) is 5.81. The number of hydrogen-bond donors (Lipinski definition) is 1. The minimum Gasteiger partial charge on any atom is -0.477 e. The summed E-state index contributed by atoms with van der Waals surface area (Å²) >= 11 is 0. The van der Waals surface area contributed by atoms with Crippen molar-refractivity contribution in [3.8, 4) is 18.2 Å². The molecule has 0 amide bonds. The van der Waals surface area contributed by atoms with E-state index in [1.165, 1.54) is 6.33 Å². The Morgan fingerprint density at radius 2 is 2.43 bits per heavy atom. The number of nitrogens with zero attached hydrogens (tertiary/aromatic N) is 2. The van der Waals surface area contributed by atoms with Crippen LogP contribution in [0.1, 0.15) is 13.3 Å². The molecule has 0 saturated heterocycles. The second-order valence-corrected chi connectivity index (χ2v) is 2.57. The molecule has 1 rings (SSSR count). The Balaban J connectivity index is 2.51. The molecule has 4 heteroatoms. The molecule has 14 heavy (non-hydrogen) atoms. The van der Waals surface area contributed by atoms with Crippen molar-refractivity contribution < 1.29 is 4.74 Å². The monoisotopic (exact) mass is 191 g/mol. The highest BCUT2D eigenvalue weighted by Gasteiger charge is 1.97. The molecule has 0 aromatic carbocycles. The molecule has 0 unspecified atom stereocenters. The van der Waals surface area contributed by atoms with E-state index in [-0.39, 0.29) is 0 Å². The Bertz CT molecular complexity index is 319. The Morgan fingerprint density at radius 3 is 3.14 bits per heavy atom. The molecule has 1 aromatic heterocycles. The Hall–Kier alpha value is -1.76. The fraction of sp³-hybridized carbons (Fsp3) is 0.400. The number of rotatable bonds is 5. The van der Waals surface area contributed by atoms with Gasteiger partial charge in [-0.2, -0.15) is 0 Å². The normalized spacial score (nSPS) is 9.14. The van der Waals surface area contributed by atoms with Crippen LogP contribution >= 0.6 is 0 Å². The summed E-state index contributed by atoms with van der Waals surface area (Å²) in [6.07, 6.45) is 7.14. The lowest BCUT2D eigenvalue weighted by Crippen LogP contribution is -2.02. The third kappa shape index (κ3) is 3.31. The van der Waals surface area contributed by atoms with Gasteiger partial charge in [-0.1, -0.05) is 0 Å². The lowest BCUT2D eigenvalue weighted by molar-refractivity contribution is 0.314. The van der Waals surface area contributed by atoms with Gasteiger partial charge in [0.2, 0.25) is 5.88 Å². The molecule has 0 aliphatic carbocycles. The van der Waals surface area contributed by atoms with E-state index in [9.17, 15) is 0 Å². The van der Waals surface area contributed by atoms with E-state index in [2.05, 4.69) is 21.2 Å². The van der Waals surface area contributed by atoms with Crippen molar-refractivity contribution in [2.45, 2.75) is 13.3 Å². The van der Waals surface area contributed by atoms with Gasteiger partial charge in [0.15, 0.2) is 0 Å². The summed E-state index contributed by atoms with van der Waals surface area (Å²) in [5.41, 5.74) is 0. The molecule has 1 heterocycles. The van der Waals surface area contributed by atoms with Gasteiger partial charge in [-0.25, -0.2) is 9.97 Å². The van der Waals surface area contributed by atoms with Crippen LogP contribution in [0.2, 0.25) is 0 Å². The van der Waals surface area contributed by atoms with Gasteiger partial charge in [0.05, 0.1) is 0 Å². The van der Waals surface area contributed by atoms with Gasteiger partial charge in [0.25, 0.3) is 0 Å². The lowest BCUT2D eigenvalue weighted by Gasteiger charge is -2.05. The number of terminal acetylenes is 1. The SMILES string of the molecule is C#CCCOc1cc(NCC)ncn1. The van der Waals surface area contributed by atoms with E-state index in [4.69, 9.17) is 11.2 Å². The average Bonchev–Trinajstić information content (AvgIpc) is 2.19. The van der Waals surface area contributed by atoms with E-state index >= 15 is 0 Å². The molecule has 4 nitrogen and oxygen atoms in total. The molecule has 0 aliphatic rings. The van der Waals surface area contributed by atoms with Crippen LogP contribution < -0.4 is 10.1 Å². The third-order valence-electron chi connectivity index (χ3n) is 1.50. The highest BCUT2D eigenvalue weighted by atomic mass is 16.5. The molecule has 0 saturated carbocycles. The summed E-state index contributed by atoms with van der Waals surface area (Å²) in [4.78, 5) is 7.97. The van der Waals surface area contributed by atoms with Crippen molar-refractivity contribution in [3.63, 3.8) is 0 Å². The molecule has 0 aliphatic heterocycles. The van der Waals surface area contributed by atoms with Crippen molar-refractivity contribution in [3.05, 3.63) is 12.4 Å². The maximum Gasteiger partial charge on any atom is 0.218 e. The maximum atomic E-state index is 5.30. The molecule has 0 spiro atoms. The summed E-state index contributed by atoms with van der Waals surface area (Å²) in [6, 6.07) is 1.75. The smallest absolute Gasteiger partial charge is 0.218 e. The summed E-state index contributed by atoms with van der Waals surface area (Å²) in [5, 5.41) is 3.07. The highest BCUT2D eigenvalue weighted by molar-refractivity contribution is 5.36. The molecule has 0 bridgehead atoms. The number of nitrogens with one attached hydrogen (secondary N) is 1. The van der Waals surface area contributed by atoms with E-state index < -0.39 is 0 Å². The first-order chi connectivity index (χ1) is 6.86. The summed E-state index contributed by atoms with van der Waals surface area (Å²) < 4.78 is 5.30. The number of anilines is 1. The van der Waals surface area contributed by atoms with Crippen LogP contribution in [0.3, 0.4) is 0 Å². The van der Waals surface area contributed by atoms with Crippen molar-refractivity contribution >= 4 is 5.82 Å². The summed E-state index contributed by atoms with van der Waals surface area (Å²) in [5.74, 6) is 3.80. The Morgan fingerprint density at radius 1 is 1.57 bits per heavy atom. The van der Waals surface area contributed by atoms with Crippen molar-refractivity contribution in [1.29, 1.82) is 0 Å². The van der Waals surface area contributed by atoms with Crippen LogP contribution in [-0.4, -0.2) is 23.1 Å². The van der Waals surface area contributed by atoms with Crippen LogP contribution in [-0.2, 0) is 0 Å². The molecular weight excluding hydrogens is 178 g/mol. The van der Waals surface area contributed by atoms with E-state index in [1.807, 2.05) is 6.92 Å². The summed E-state index contributed by atoms with van der Waals surface area (Å²) in [7, 11) is 0. The van der Waals surface area contributed by atoms with Crippen LogP contribution in [0.5, 0.6) is 5.88 Å². The average molecular weight is 191 g/mol. The second-order valence-electron chi connectivity index (χ2n) is 2.57. The van der Waals surface area contributed by atoms with Crippen LogP contribution in [0.25, 0.3) is 0 Å². The largest absolute Gasteiger partial charge is 0.477 e. The number of ether oxygens (including phenoxy) is 1. The van der Waals surface area contributed by atoms with Crippen LogP contribution in [0.15, 0.2) is 12.4 Å². The first-order valence-electron chi connectivity index (χ1n) is 4.49. The zero-order chi connectivity index (χ0) is 10.2. The van der Waals surface area contributed by atoms with E-state index in [1.54, 1.807) is 6.07 Å². The van der Waals surface area contributed by atoms with Gasteiger partial charge in [0.1, 0.15) is 18.8 Å². The molecule has 0 atom stereocenters. The molecule has 1 aromatic rings. The van der Waals surface area contributed by atoms with Gasteiger partial charge in [0, 0.05) is 19.0 Å². The van der Waals surface area contributed by atoms with Gasteiger partial charge < -0.3 is 10.1 Å². The topological polar surface area (TPSA) is 47.0 Å². The first-order valence-corrected chi connectivity index (χ1v) is 4.49. The molecule has 1 N–H and O–H groups in total. The Kier molecular flexibility index (Phi) is 4.29. The zero-order valence-electron chi connectivity index (χ0n) is 8.16. The fourth-order valence-corrected chi connectivity index (χ4v) is 0.911. The standard InChI is InChI=1S/C10H13N3O/c1-3-5-6-14-10-7-9(11-4-2)12-8-13-10/h1,7-8H,4-6H2,2H3,(H,11,12,13). The molecule has 74 valence electrons. The minimum absolute atomic E-state index is 0.485. The van der Waals surface area contributed by atoms with Crippen molar-refractivity contribution in [1.82, 2.24) is 9.97 Å². The van der Waals surface area contributed by atoms with Crippen molar-refractivity contribution in [2.75, 3.05) is 18.5 Å². The van der Waals surface area contributed by atoms with Gasteiger partial charge in [-0.3, -0.25) is 0 Å². The number of hydrogen-bond acceptors (Lipinski definition) is 4. The van der Waals surface area contributed by atoms with Crippen molar-refractivity contribution in [2.24, 2.45) is 0 Å². The first kappa shape index (κ1) is 10.3. The van der Waals surface area contributed by atoms with E-state index in [0.717, 1.165) is 12.4 Å². The minimum atomic E-state index is 0.485. The van der Waals surface area contributed by atoms with Crippen LogP contribution in [0.4, 0.5) is 5.82 Å². The molecule has 0 fully saturated rings. The maximum absolute atomic E-state index is 5.30. The Labute approximate surface area is 83.7 Å². The number of aromatic nitrogens is 2. The lowest BCUT2D eigenvalue weighted by atomic mass is 10.5.